The van der Waals surface area contributed by atoms with E-state index in [9.17, 15) is 9.59 Å². The van der Waals surface area contributed by atoms with Crippen molar-refractivity contribution in [1.29, 1.82) is 0 Å². The lowest BCUT2D eigenvalue weighted by Crippen LogP contribution is -2.23. The molecule has 5 nitrogen and oxygen atoms in total. The number of nitrogens with one attached hydrogen (secondary N) is 1. The zero-order valence-electron chi connectivity index (χ0n) is 7.69. The predicted molar refractivity (Wildman–Crippen MR) is 48.3 cm³/mol. The molecule has 0 atom stereocenters. The lowest BCUT2D eigenvalue weighted by molar-refractivity contribution is -0.131. The second-order valence-electron chi connectivity index (χ2n) is 3.57. The summed E-state index contributed by atoms with van der Waals surface area (Å²) in [6.07, 6.45) is 3.93. The van der Waals surface area contributed by atoms with Crippen LogP contribution in [0, 0.1) is 5.41 Å². The number of carboxylic acids is 1. The maximum absolute atomic E-state index is 11.2. The van der Waals surface area contributed by atoms with Crippen LogP contribution in [0.25, 0.3) is 0 Å². The molecule has 14 heavy (non-hydrogen) atoms. The molecule has 0 aromatic rings. The fourth-order valence-corrected chi connectivity index (χ4v) is 1.17. The molecule has 0 aliphatic heterocycles. The Morgan fingerprint density at radius 3 is 2.50 bits per heavy atom. The quantitative estimate of drug-likeness (QED) is 0.538. The van der Waals surface area contributed by atoms with Gasteiger partial charge in [0.05, 0.1) is 0 Å². The lowest BCUT2D eigenvalue weighted by Gasteiger charge is -2.08. The highest BCUT2D eigenvalue weighted by molar-refractivity contribution is 5.82. The average molecular weight is 199 g/mol. The summed E-state index contributed by atoms with van der Waals surface area (Å²) in [5.74, 6) is -1.36. The van der Waals surface area contributed by atoms with Gasteiger partial charge < -0.3 is 15.5 Å². The van der Waals surface area contributed by atoms with Gasteiger partial charge in [-0.3, -0.25) is 4.79 Å². The third kappa shape index (κ3) is 3.18. The fourth-order valence-electron chi connectivity index (χ4n) is 1.17. The Morgan fingerprint density at radius 1 is 1.43 bits per heavy atom. The van der Waals surface area contributed by atoms with E-state index in [4.69, 9.17) is 10.2 Å². The molecular formula is C9H13NO4. The zero-order valence-corrected chi connectivity index (χ0v) is 7.69. The Morgan fingerprint density at radius 2 is 2.07 bits per heavy atom. The van der Waals surface area contributed by atoms with Gasteiger partial charge in [-0.15, -0.1) is 0 Å². The molecule has 1 fully saturated rings. The van der Waals surface area contributed by atoms with Crippen LogP contribution < -0.4 is 5.32 Å². The maximum atomic E-state index is 11.2. The van der Waals surface area contributed by atoms with Gasteiger partial charge in [-0.05, 0) is 12.8 Å². The van der Waals surface area contributed by atoms with Crippen LogP contribution in [-0.2, 0) is 9.59 Å². The normalized spacial score (nSPS) is 18.1. The Kier molecular flexibility index (Phi) is 3.24. The maximum Gasteiger partial charge on any atom is 0.329 e. The number of carboxylic acid groups (broad SMARTS) is 1. The Labute approximate surface area is 81.4 Å². The van der Waals surface area contributed by atoms with E-state index in [1.54, 1.807) is 0 Å². The first kappa shape index (κ1) is 10.7. The van der Waals surface area contributed by atoms with Crippen molar-refractivity contribution in [2.24, 2.45) is 5.41 Å². The highest BCUT2D eigenvalue weighted by atomic mass is 16.4. The molecule has 0 spiro atoms. The van der Waals surface area contributed by atoms with Gasteiger partial charge in [0.1, 0.15) is 0 Å². The van der Waals surface area contributed by atoms with E-state index >= 15 is 0 Å². The van der Waals surface area contributed by atoms with Gasteiger partial charge in [0.2, 0.25) is 5.91 Å². The number of carbonyl (C=O) groups is 2. The fraction of sp³-hybridized carbons (Fsp3) is 0.556. The monoisotopic (exact) mass is 199 g/mol. The minimum atomic E-state index is -1.10. The molecule has 0 aromatic heterocycles. The van der Waals surface area contributed by atoms with E-state index < -0.39 is 5.97 Å². The number of aliphatic carboxylic acids is 1. The molecule has 1 rings (SSSR count). The Balaban J connectivity index is 2.26. The Hall–Kier alpha value is -1.36. The van der Waals surface area contributed by atoms with Crippen LogP contribution in [0.4, 0.5) is 0 Å². The molecule has 1 saturated carbocycles. The van der Waals surface area contributed by atoms with Crippen LogP contribution in [-0.4, -0.2) is 28.7 Å². The van der Waals surface area contributed by atoms with E-state index in [2.05, 4.69) is 5.32 Å². The summed E-state index contributed by atoms with van der Waals surface area (Å²) >= 11 is 0. The first-order valence-corrected chi connectivity index (χ1v) is 4.38. The van der Waals surface area contributed by atoms with E-state index in [1.807, 2.05) is 0 Å². The van der Waals surface area contributed by atoms with E-state index in [0.717, 1.165) is 25.1 Å². The summed E-state index contributed by atoms with van der Waals surface area (Å²) in [6.45, 7) is 0.0169. The molecule has 0 aromatic carbocycles. The van der Waals surface area contributed by atoms with Gasteiger partial charge in [-0.2, -0.15) is 0 Å². The summed E-state index contributed by atoms with van der Waals surface area (Å²) < 4.78 is 0. The number of amides is 1. The van der Waals surface area contributed by atoms with E-state index in [1.165, 1.54) is 0 Å². The molecule has 78 valence electrons. The van der Waals surface area contributed by atoms with Crippen LogP contribution in [0.3, 0.4) is 0 Å². The smallest absolute Gasteiger partial charge is 0.329 e. The second kappa shape index (κ2) is 4.23. The average Bonchev–Trinajstić information content (AvgIpc) is 2.85. The van der Waals surface area contributed by atoms with Crippen molar-refractivity contribution < 1.29 is 19.8 Å². The van der Waals surface area contributed by atoms with Crippen LogP contribution in [0.5, 0.6) is 0 Å². The highest BCUT2D eigenvalue weighted by Gasteiger charge is 2.43. The van der Waals surface area contributed by atoms with Crippen molar-refractivity contribution in [1.82, 2.24) is 5.32 Å². The number of hydrogen-bond donors (Lipinski definition) is 3. The van der Waals surface area contributed by atoms with Gasteiger partial charge in [0, 0.05) is 30.7 Å². The third-order valence-corrected chi connectivity index (χ3v) is 2.30. The van der Waals surface area contributed by atoms with Crippen molar-refractivity contribution in [3.63, 3.8) is 0 Å². The third-order valence-electron chi connectivity index (χ3n) is 2.30. The molecule has 3 N–H and O–H groups in total. The summed E-state index contributed by atoms with van der Waals surface area (Å²) in [5, 5.41) is 19.5. The van der Waals surface area contributed by atoms with E-state index in [0.29, 0.717) is 0 Å². The first-order valence-electron chi connectivity index (χ1n) is 4.38. The van der Waals surface area contributed by atoms with Crippen molar-refractivity contribution in [3.8, 4) is 0 Å². The largest absolute Gasteiger partial charge is 0.478 e. The minimum Gasteiger partial charge on any atom is -0.478 e. The van der Waals surface area contributed by atoms with Crippen molar-refractivity contribution in [2.45, 2.75) is 19.3 Å². The standard InChI is InChI=1S/C9H13NO4/c11-6-9(2-3-9)5-7(12)10-4-1-8(13)14/h1,4,11H,2-3,5-6H2,(H,10,12)(H,13,14)/b4-1+. The zero-order chi connectivity index (χ0) is 10.6. The predicted octanol–water partition coefficient (Wildman–Crippen LogP) is -0.137. The first-order chi connectivity index (χ1) is 6.58. The summed E-state index contributed by atoms with van der Waals surface area (Å²) in [6, 6.07) is 0. The Bertz CT molecular complexity index is 268. The highest BCUT2D eigenvalue weighted by Crippen LogP contribution is 2.48. The lowest BCUT2D eigenvalue weighted by atomic mass is 10.0. The van der Waals surface area contributed by atoms with Crippen molar-refractivity contribution >= 4 is 11.9 Å². The molecule has 0 radical (unpaired) electrons. The van der Waals surface area contributed by atoms with Crippen LogP contribution in [0.15, 0.2) is 12.3 Å². The molecule has 1 amide bonds. The molecule has 1 aliphatic carbocycles. The number of rotatable bonds is 5. The molecular weight excluding hydrogens is 186 g/mol. The van der Waals surface area contributed by atoms with Crippen molar-refractivity contribution in [3.05, 3.63) is 12.3 Å². The van der Waals surface area contributed by atoms with E-state index in [-0.39, 0.29) is 24.3 Å². The number of hydrogen-bond acceptors (Lipinski definition) is 3. The van der Waals surface area contributed by atoms with Gasteiger partial charge in [-0.25, -0.2) is 4.79 Å². The molecule has 0 bridgehead atoms. The number of carbonyl (C=O) groups excluding carboxylic acids is 1. The molecule has 0 unspecified atom stereocenters. The van der Waals surface area contributed by atoms with Crippen LogP contribution >= 0.6 is 0 Å². The van der Waals surface area contributed by atoms with Crippen LogP contribution in [0.2, 0.25) is 0 Å². The van der Waals surface area contributed by atoms with Gasteiger partial charge in [-0.1, -0.05) is 0 Å². The minimum absolute atomic E-state index is 0.0169. The molecule has 0 heterocycles. The summed E-state index contributed by atoms with van der Waals surface area (Å²) in [7, 11) is 0. The van der Waals surface area contributed by atoms with Gasteiger partial charge in [0.25, 0.3) is 0 Å². The molecule has 5 heteroatoms. The van der Waals surface area contributed by atoms with Gasteiger partial charge >= 0.3 is 5.97 Å². The topological polar surface area (TPSA) is 86.6 Å². The number of aliphatic hydroxyl groups is 1. The van der Waals surface area contributed by atoms with Crippen molar-refractivity contribution in [2.75, 3.05) is 6.61 Å². The van der Waals surface area contributed by atoms with Gasteiger partial charge in [0.15, 0.2) is 0 Å². The SMILES string of the molecule is O=C(O)/C=C/NC(=O)CC1(CO)CC1. The number of aliphatic hydroxyl groups excluding tert-OH is 1. The van der Waals surface area contributed by atoms with Crippen LogP contribution in [0.1, 0.15) is 19.3 Å². The summed E-state index contributed by atoms with van der Waals surface area (Å²) in [5.41, 5.74) is -0.235. The molecule has 1 aliphatic rings. The molecule has 0 saturated heterocycles. The second-order valence-corrected chi connectivity index (χ2v) is 3.57. The summed E-state index contributed by atoms with van der Waals surface area (Å²) in [4.78, 5) is 21.2.